The molecule has 178 valence electrons. The number of hydrogen-bond acceptors (Lipinski definition) is 2. The summed E-state index contributed by atoms with van der Waals surface area (Å²) >= 11 is 0. The standard InChI is InChI=1S/C24H40O.C5H10O/c1-7-10-23(25)22-12-9-11-19(3)13-15-21(8-2)17-18-24(5,6)20(4)14-16-22;1-3-4-5(2)6/h8,12-13,20-21H,2,7,9-11,14-18H2,1,3-6H3;3-4H2,1-2H3/b19-13+,22-12-;. The van der Waals surface area contributed by atoms with Crippen LogP contribution in [0.2, 0.25) is 0 Å². The summed E-state index contributed by atoms with van der Waals surface area (Å²) in [6, 6.07) is 0. The Morgan fingerprint density at radius 2 is 1.74 bits per heavy atom. The van der Waals surface area contributed by atoms with Crippen molar-refractivity contribution in [2.75, 3.05) is 0 Å². The molecule has 0 heterocycles. The van der Waals surface area contributed by atoms with E-state index in [9.17, 15) is 9.59 Å². The molecule has 2 heteroatoms. The molecule has 2 unspecified atom stereocenters. The van der Waals surface area contributed by atoms with Crippen LogP contribution in [0.5, 0.6) is 0 Å². The van der Waals surface area contributed by atoms with Gasteiger partial charge >= 0.3 is 0 Å². The maximum Gasteiger partial charge on any atom is 0.158 e. The summed E-state index contributed by atoms with van der Waals surface area (Å²) in [5.41, 5.74) is 2.83. The molecule has 0 amide bonds. The van der Waals surface area contributed by atoms with Gasteiger partial charge in [-0.1, -0.05) is 58.4 Å². The van der Waals surface area contributed by atoms with E-state index in [2.05, 4.69) is 59.4 Å². The molecule has 1 aliphatic carbocycles. The first-order valence-electron chi connectivity index (χ1n) is 12.6. The van der Waals surface area contributed by atoms with Crippen molar-refractivity contribution < 1.29 is 9.59 Å². The highest BCUT2D eigenvalue weighted by atomic mass is 16.1. The van der Waals surface area contributed by atoms with Gasteiger partial charge in [-0.2, -0.15) is 0 Å². The molecule has 0 aromatic rings. The Morgan fingerprint density at radius 1 is 1.10 bits per heavy atom. The van der Waals surface area contributed by atoms with Gasteiger partial charge in [0, 0.05) is 12.8 Å². The third-order valence-corrected chi connectivity index (χ3v) is 6.81. The molecule has 0 bridgehead atoms. The molecule has 2 atom stereocenters. The van der Waals surface area contributed by atoms with Crippen LogP contribution in [0.4, 0.5) is 0 Å². The molecule has 0 saturated heterocycles. The maximum absolute atomic E-state index is 12.5. The lowest BCUT2D eigenvalue weighted by molar-refractivity contribution is -0.117. The minimum Gasteiger partial charge on any atom is -0.300 e. The molecule has 0 radical (unpaired) electrons. The number of allylic oxidation sites excluding steroid dienone is 5. The Bertz CT molecular complexity index is 606. The van der Waals surface area contributed by atoms with Gasteiger partial charge in [-0.05, 0) is 94.5 Å². The smallest absolute Gasteiger partial charge is 0.158 e. The number of rotatable bonds is 6. The van der Waals surface area contributed by atoms with Crippen LogP contribution in [-0.2, 0) is 9.59 Å². The minimum atomic E-state index is 0.289. The number of carbonyl (C=O) groups is 2. The third kappa shape index (κ3) is 13.6. The van der Waals surface area contributed by atoms with E-state index in [4.69, 9.17) is 0 Å². The van der Waals surface area contributed by atoms with Gasteiger partial charge in [-0.25, -0.2) is 0 Å². The van der Waals surface area contributed by atoms with Gasteiger partial charge in [0.2, 0.25) is 0 Å². The summed E-state index contributed by atoms with van der Waals surface area (Å²) in [5.74, 6) is 1.86. The number of Topliss-reactive ketones (excluding diaryl/α,β-unsaturated/α-hetero) is 2. The average molecular weight is 431 g/mol. The summed E-state index contributed by atoms with van der Waals surface area (Å²) < 4.78 is 0. The fourth-order valence-electron chi connectivity index (χ4n) is 3.92. The predicted octanol–water partition coefficient (Wildman–Crippen LogP) is 8.81. The Labute approximate surface area is 193 Å². The highest BCUT2D eigenvalue weighted by Crippen LogP contribution is 2.37. The summed E-state index contributed by atoms with van der Waals surface area (Å²) in [4.78, 5) is 22.5. The number of hydrogen-bond donors (Lipinski definition) is 0. The van der Waals surface area contributed by atoms with E-state index in [-0.39, 0.29) is 5.78 Å². The van der Waals surface area contributed by atoms with Crippen LogP contribution in [0.15, 0.2) is 36.0 Å². The van der Waals surface area contributed by atoms with Crippen LogP contribution in [-0.4, -0.2) is 11.6 Å². The summed E-state index contributed by atoms with van der Waals surface area (Å²) in [6.45, 7) is 19.1. The van der Waals surface area contributed by atoms with Crippen LogP contribution >= 0.6 is 0 Å². The second-order valence-corrected chi connectivity index (χ2v) is 10.1. The molecule has 0 spiro atoms. The molecule has 31 heavy (non-hydrogen) atoms. The van der Waals surface area contributed by atoms with E-state index in [1.54, 1.807) is 6.92 Å². The van der Waals surface area contributed by atoms with Gasteiger partial charge in [0.15, 0.2) is 5.78 Å². The van der Waals surface area contributed by atoms with Crippen molar-refractivity contribution in [1.29, 1.82) is 0 Å². The van der Waals surface area contributed by atoms with Crippen molar-refractivity contribution in [3.63, 3.8) is 0 Å². The Hall–Kier alpha value is -1.44. The first kappa shape index (κ1) is 29.6. The van der Waals surface area contributed by atoms with Crippen molar-refractivity contribution in [2.45, 2.75) is 119 Å². The zero-order valence-electron chi connectivity index (χ0n) is 21.7. The molecule has 0 N–H and O–H groups in total. The number of carbonyl (C=O) groups excluding carboxylic acids is 2. The van der Waals surface area contributed by atoms with Crippen LogP contribution in [0.1, 0.15) is 119 Å². The van der Waals surface area contributed by atoms with E-state index >= 15 is 0 Å². The third-order valence-electron chi connectivity index (χ3n) is 6.81. The lowest BCUT2D eigenvalue weighted by atomic mass is 9.72. The molecule has 0 aromatic heterocycles. The Kier molecular flexibility index (Phi) is 15.5. The van der Waals surface area contributed by atoms with E-state index in [0.29, 0.717) is 29.5 Å². The second-order valence-electron chi connectivity index (χ2n) is 10.1. The molecule has 0 fully saturated rings. The van der Waals surface area contributed by atoms with Gasteiger partial charge in [0.1, 0.15) is 5.78 Å². The van der Waals surface area contributed by atoms with Crippen molar-refractivity contribution in [3.05, 3.63) is 36.0 Å². The fraction of sp³-hybridized carbons (Fsp3) is 0.724. The van der Waals surface area contributed by atoms with Crippen LogP contribution in [0.3, 0.4) is 0 Å². The molecule has 0 aliphatic heterocycles. The Morgan fingerprint density at radius 3 is 2.26 bits per heavy atom. The quantitative estimate of drug-likeness (QED) is 0.394. The lowest BCUT2D eigenvalue weighted by Gasteiger charge is -2.33. The molecule has 1 aliphatic rings. The largest absolute Gasteiger partial charge is 0.300 e. The average Bonchev–Trinajstić information content (AvgIpc) is 2.70. The molecule has 1 rings (SSSR count). The van der Waals surface area contributed by atoms with E-state index in [1.165, 1.54) is 18.4 Å². The second kappa shape index (κ2) is 16.2. The van der Waals surface area contributed by atoms with E-state index < -0.39 is 0 Å². The lowest BCUT2D eigenvalue weighted by Crippen LogP contribution is -2.23. The van der Waals surface area contributed by atoms with E-state index in [0.717, 1.165) is 56.9 Å². The van der Waals surface area contributed by atoms with Gasteiger partial charge in [-0.3, -0.25) is 4.79 Å². The summed E-state index contributed by atoms with van der Waals surface area (Å²) in [5, 5.41) is 0. The highest BCUT2D eigenvalue weighted by molar-refractivity contribution is 5.95. The fourth-order valence-corrected chi connectivity index (χ4v) is 3.92. The van der Waals surface area contributed by atoms with Crippen molar-refractivity contribution in [2.24, 2.45) is 17.3 Å². The number of ketones is 2. The van der Waals surface area contributed by atoms with E-state index in [1.807, 2.05) is 6.92 Å². The maximum atomic E-state index is 12.5. The van der Waals surface area contributed by atoms with Crippen molar-refractivity contribution >= 4 is 11.6 Å². The molecule has 0 aromatic carbocycles. The monoisotopic (exact) mass is 430 g/mol. The predicted molar refractivity (Wildman–Crippen MR) is 136 cm³/mol. The van der Waals surface area contributed by atoms with Crippen molar-refractivity contribution in [3.8, 4) is 0 Å². The van der Waals surface area contributed by atoms with Gasteiger partial charge in [0.05, 0.1) is 0 Å². The van der Waals surface area contributed by atoms with Crippen molar-refractivity contribution in [1.82, 2.24) is 0 Å². The van der Waals surface area contributed by atoms with Crippen LogP contribution in [0.25, 0.3) is 0 Å². The first-order chi connectivity index (χ1) is 14.6. The molecule has 2 nitrogen and oxygen atoms in total. The molecular formula is C29H50O2. The summed E-state index contributed by atoms with van der Waals surface area (Å²) in [6.07, 6.45) is 17.7. The van der Waals surface area contributed by atoms with Gasteiger partial charge in [-0.15, -0.1) is 6.58 Å². The normalized spacial score (nSPS) is 26.0. The highest BCUT2D eigenvalue weighted by Gasteiger charge is 2.26. The van der Waals surface area contributed by atoms with Gasteiger partial charge in [0.25, 0.3) is 0 Å². The van der Waals surface area contributed by atoms with Gasteiger partial charge < -0.3 is 4.79 Å². The molecule has 0 saturated carbocycles. The minimum absolute atomic E-state index is 0.289. The zero-order chi connectivity index (χ0) is 23.9. The Balaban J connectivity index is 0.00000131. The topological polar surface area (TPSA) is 34.1 Å². The van der Waals surface area contributed by atoms with Crippen LogP contribution in [0, 0.1) is 17.3 Å². The first-order valence-corrected chi connectivity index (χ1v) is 12.6. The summed E-state index contributed by atoms with van der Waals surface area (Å²) in [7, 11) is 0. The zero-order valence-corrected chi connectivity index (χ0v) is 21.7. The molecular weight excluding hydrogens is 380 g/mol. The SMILES string of the molecule is C=CC1C/C=C(\C)CC/C=C(\C(=O)CCC)CCC(C)C(C)(C)CC1.CCCC(C)=O. The van der Waals surface area contributed by atoms with Crippen LogP contribution < -0.4 is 0 Å².